The number of likely N-dealkylation sites (N-methyl/N-ethyl adjacent to an activating group) is 1. The summed E-state index contributed by atoms with van der Waals surface area (Å²) in [7, 11) is 7.25. The molecule has 1 aliphatic heterocycles. The molecule has 0 spiro atoms. The highest BCUT2D eigenvalue weighted by Crippen LogP contribution is 2.54. The molecule has 0 saturated heterocycles. The second kappa shape index (κ2) is 9.85. The molecule has 3 aliphatic carbocycles. The SMILES string of the molecule is CC(C)CN(C)C1CCN(C)c2c1cc(O)c1c2C[C@@H]2C[C@@H]3[C@@H](N(C)C)C(O)=C(C(N)=O)C(=O)[C@@]3(O)C(O)=C2C1=O. The molecule has 11 heteroatoms. The number of aliphatic hydroxyl groups excluding tert-OH is 2. The average Bonchev–Trinajstić information content (AvgIpc) is 2.85. The molecule has 1 unspecified atom stereocenters. The fraction of sp³-hybridized carbons (Fsp3) is 0.567. The summed E-state index contributed by atoms with van der Waals surface area (Å²) < 4.78 is 0. The summed E-state index contributed by atoms with van der Waals surface area (Å²) in [5.74, 6) is -6.00. The Balaban J connectivity index is 1.69. The van der Waals surface area contributed by atoms with E-state index in [1.165, 1.54) is 0 Å². The number of aliphatic hydroxyl groups is 3. The number of allylic oxidation sites excluding steroid dienone is 1. The molecule has 1 heterocycles. The summed E-state index contributed by atoms with van der Waals surface area (Å²) in [6.45, 7) is 5.91. The van der Waals surface area contributed by atoms with Gasteiger partial charge in [0, 0.05) is 43.4 Å². The molecule has 0 saturated carbocycles. The lowest BCUT2D eigenvalue weighted by atomic mass is 9.58. The van der Waals surface area contributed by atoms with E-state index in [0.717, 1.165) is 30.8 Å². The van der Waals surface area contributed by atoms with Crippen LogP contribution in [0, 0.1) is 17.8 Å². The molecule has 4 aliphatic rings. The summed E-state index contributed by atoms with van der Waals surface area (Å²) in [5, 5.41) is 45.5. The number of anilines is 1. The average molecular weight is 569 g/mol. The van der Waals surface area contributed by atoms with E-state index in [1.807, 2.05) is 7.05 Å². The Kier molecular flexibility index (Phi) is 6.99. The van der Waals surface area contributed by atoms with Crippen LogP contribution in [0.1, 0.15) is 54.2 Å². The minimum atomic E-state index is -2.64. The van der Waals surface area contributed by atoms with Crippen molar-refractivity contribution in [2.24, 2.45) is 23.5 Å². The highest BCUT2D eigenvalue weighted by molar-refractivity contribution is 6.24. The maximum Gasteiger partial charge on any atom is 0.255 e. The van der Waals surface area contributed by atoms with Gasteiger partial charge in [-0.1, -0.05) is 13.8 Å². The van der Waals surface area contributed by atoms with Gasteiger partial charge >= 0.3 is 0 Å². The van der Waals surface area contributed by atoms with E-state index < -0.39 is 58.0 Å². The lowest BCUT2D eigenvalue weighted by molar-refractivity contribution is -0.148. The number of nitrogens with two attached hydrogens (primary N) is 1. The normalized spacial score (nSPS) is 29.7. The fourth-order valence-electron chi connectivity index (χ4n) is 7.79. The van der Waals surface area contributed by atoms with Gasteiger partial charge in [0.2, 0.25) is 5.78 Å². The number of Topliss-reactive ketones (excluding diaryl/α,β-unsaturated/α-hetero) is 2. The van der Waals surface area contributed by atoms with Crippen LogP contribution in [-0.4, -0.2) is 101 Å². The van der Waals surface area contributed by atoms with E-state index in [1.54, 1.807) is 25.1 Å². The maximum atomic E-state index is 14.1. The highest BCUT2D eigenvalue weighted by atomic mass is 16.3. The van der Waals surface area contributed by atoms with Crippen molar-refractivity contribution >= 4 is 23.2 Å². The molecule has 0 fully saturated rings. The number of primary amides is 1. The second-order valence-electron chi connectivity index (χ2n) is 12.7. The van der Waals surface area contributed by atoms with Gasteiger partial charge in [-0.25, -0.2) is 0 Å². The molecule has 1 aromatic carbocycles. The molecule has 41 heavy (non-hydrogen) atoms. The Labute approximate surface area is 239 Å². The van der Waals surface area contributed by atoms with E-state index in [4.69, 9.17) is 5.73 Å². The number of hydrogen-bond donors (Lipinski definition) is 5. The van der Waals surface area contributed by atoms with Crippen LogP contribution in [0.15, 0.2) is 28.7 Å². The van der Waals surface area contributed by atoms with Crippen LogP contribution in [0.2, 0.25) is 0 Å². The third-order valence-electron chi connectivity index (χ3n) is 9.39. The minimum absolute atomic E-state index is 0.0417. The third-order valence-corrected chi connectivity index (χ3v) is 9.39. The topological polar surface area (TPSA) is 168 Å². The molecule has 1 amide bonds. The van der Waals surface area contributed by atoms with Crippen molar-refractivity contribution in [1.82, 2.24) is 9.80 Å². The number of amides is 1. The summed E-state index contributed by atoms with van der Waals surface area (Å²) in [6, 6.07) is 0.650. The number of phenols is 1. The van der Waals surface area contributed by atoms with Gasteiger partial charge in [-0.05, 0) is 69.4 Å². The first-order valence-electron chi connectivity index (χ1n) is 14.1. The van der Waals surface area contributed by atoms with Gasteiger partial charge in [0.1, 0.15) is 22.8 Å². The van der Waals surface area contributed by atoms with E-state index in [0.29, 0.717) is 11.5 Å². The van der Waals surface area contributed by atoms with Crippen LogP contribution >= 0.6 is 0 Å². The van der Waals surface area contributed by atoms with Crippen LogP contribution in [0.5, 0.6) is 5.75 Å². The largest absolute Gasteiger partial charge is 0.510 e. The Morgan fingerprint density at radius 2 is 1.85 bits per heavy atom. The molecule has 5 atom stereocenters. The number of aromatic hydroxyl groups is 1. The van der Waals surface area contributed by atoms with Crippen molar-refractivity contribution in [3.8, 4) is 5.75 Å². The number of fused-ring (bicyclic) bond motifs is 5. The van der Waals surface area contributed by atoms with Crippen LogP contribution in [-0.2, 0) is 16.0 Å². The molecular weight excluding hydrogens is 528 g/mol. The molecule has 6 N–H and O–H groups in total. The van der Waals surface area contributed by atoms with Gasteiger partial charge < -0.3 is 31.1 Å². The first kappa shape index (κ1) is 29.1. The molecule has 1 aromatic rings. The van der Waals surface area contributed by atoms with Gasteiger partial charge in [-0.15, -0.1) is 0 Å². The molecule has 0 radical (unpaired) electrons. The van der Waals surface area contributed by atoms with Crippen molar-refractivity contribution in [3.63, 3.8) is 0 Å². The van der Waals surface area contributed by atoms with Crippen molar-refractivity contribution in [1.29, 1.82) is 0 Å². The molecule has 0 aromatic heterocycles. The molecule has 5 rings (SSSR count). The van der Waals surface area contributed by atoms with Crippen LogP contribution in [0.3, 0.4) is 0 Å². The Hall–Kier alpha value is -3.41. The van der Waals surface area contributed by atoms with Gasteiger partial charge in [-0.2, -0.15) is 0 Å². The molecular formula is C30H40N4O7. The summed E-state index contributed by atoms with van der Waals surface area (Å²) >= 11 is 0. The Morgan fingerprint density at radius 3 is 2.44 bits per heavy atom. The van der Waals surface area contributed by atoms with Crippen molar-refractivity contribution in [3.05, 3.63) is 45.4 Å². The number of carbonyl (C=O) groups excluding carboxylic acids is 3. The Bertz CT molecular complexity index is 1410. The smallest absolute Gasteiger partial charge is 0.255 e. The lowest BCUT2D eigenvalue weighted by Crippen LogP contribution is -2.63. The third kappa shape index (κ3) is 4.08. The van der Waals surface area contributed by atoms with Crippen molar-refractivity contribution in [2.45, 2.75) is 50.8 Å². The molecule has 11 nitrogen and oxygen atoms in total. The molecule has 0 bridgehead atoms. The van der Waals surface area contributed by atoms with E-state index in [-0.39, 0.29) is 35.8 Å². The van der Waals surface area contributed by atoms with Crippen LogP contribution < -0.4 is 10.6 Å². The zero-order valence-electron chi connectivity index (χ0n) is 24.4. The zero-order chi connectivity index (χ0) is 30.3. The predicted octanol–water partition coefficient (Wildman–Crippen LogP) is 1.59. The second-order valence-corrected chi connectivity index (χ2v) is 12.7. The van der Waals surface area contributed by atoms with Gasteiger partial charge in [-0.3, -0.25) is 24.2 Å². The van der Waals surface area contributed by atoms with Crippen molar-refractivity contribution in [2.75, 3.05) is 46.2 Å². The number of carbonyl (C=O) groups is 3. The number of phenolic OH excluding ortho intramolecular Hbond substituents is 1. The van der Waals surface area contributed by atoms with Gasteiger partial charge in [0.15, 0.2) is 11.4 Å². The first-order valence-corrected chi connectivity index (χ1v) is 14.1. The summed E-state index contributed by atoms with van der Waals surface area (Å²) in [4.78, 5) is 45.6. The van der Waals surface area contributed by atoms with E-state index >= 15 is 0 Å². The summed E-state index contributed by atoms with van der Waals surface area (Å²) in [5.41, 5.74) is 4.32. The Morgan fingerprint density at radius 1 is 1.20 bits per heavy atom. The maximum absolute atomic E-state index is 14.1. The lowest BCUT2D eigenvalue weighted by Gasteiger charge is -2.50. The monoisotopic (exact) mass is 568 g/mol. The quantitative estimate of drug-likeness (QED) is 0.329. The summed E-state index contributed by atoms with van der Waals surface area (Å²) in [6.07, 6.45) is 1.19. The van der Waals surface area contributed by atoms with Crippen molar-refractivity contribution < 1.29 is 34.8 Å². The number of nitrogens with zero attached hydrogens (tertiary/aromatic N) is 3. The molecule has 222 valence electrons. The van der Waals surface area contributed by atoms with Crippen LogP contribution in [0.25, 0.3) is 0 Å². The zero-order valence-corrected chi connectivity index (χ0v) is 24.4. The predicted molar refractivity (Wildman–Crippen MR) is 152 cm³/mol. The number of hydrogen-bond acceptors (Lipinski definition) is 10. The highest BCUT2D eigenvalue weighted by Gasteiger charge is 2.63. The van der Waals surface area contributed by atoms with Crippen LogP contribution in [0.4, 0.5) is 5.69 Å². The van der Waals surface area contributed by atoms with E-state index in [2.05, 4.69) is 30.7 Å². The van der Waals surface area contributed by atoms with E-state index in [9.17, 15) is 34.8 Å². The first-order chi connectivity index (χ1) is 19.1. The number of benzene rings is 1. The van der Waals surface area contributed by atoms with Gasteiger partial charge in [0.25, 0.3) is 5.91 Å². The minimum Gasteiger partial charge on any atom is -0.510 e. The standard InChI is InChI=1S/C30H40N4O7/c1-13(2)12-34(6)18-7-8-33(5)23-15(18)11-19(35)21-16(23)9-14-10-17-24(32(3)4)26(37)22(29(31)40)28(39)30(17,41)27(38)20(14)25(21)36/h11,13-14,17-18,24,35,37-38,41H,7-10,12H2,1-6H3,(H2,31,40)/t14-,17-,18?,24-,30+/m1/s1. The van der Waals surface area contributed by atoms with Gasteiger partial charge in [0.05, 0.1) is 11.6 Å². The fourth-order valence-corrected chi connectivity index (χ4v) is 7.79. The number of ketones is 2. The number of rotatable bonds is 5.